The van der Waals surface area contributed by atoms with Crippen molar-refractivity contribution in [3.8, 4) is 22.3 Å². The highest BCUT2D eigenvalue weighted by Crippen LogP contribution is 2.46. The Balaban J connectivity index is 1.37. The molecule has 2 aliphatic rings. The first-order valence-corrected chi connectivity index (χ1v) is 12.0. The molecule has 4 heteroatoms. The van der Waals surface area contributed by atoms with Gasteiger partial charge in [-0.25, -0.2) is 15.0 Å². The van der Waals surface area contributed by atoms with E-state index in [0.29, 0.717) is 0 Å². The van der Waals surface area contributed by atoms with Crippen LogP contribution in [0.15, 0.2) is 85.2 Å². The number of benzene rings is 3. The molecule has 0 aliphatic heterocycles. The van der Waals surface area contributed by atoms with Crippen molar-refractivity contribution in [2.24, 2.45) is 0 Å². The molecule has 3 aromatic carbocycles. The fourth-order valence-electron chi connectivity index (χ4n) is 6.37. The summed E-state index contributed by atoms with van der Waals surface area (Å²) in [6, 6.07) is 26.7. The van der Waals surface area contributed by atoms with Crippen LogP contribution in [0.3, 0.4) is 0 Å². The number of aromatic nitrogens is 4. The molecule has 0 fully saturated rings. The van der Waals surface area contributed by atoms with E-state index in [-0.39, 0.29) is 0 Å². The quantitative estimate of drug-likeness (QED) is 0.243. The second-order valence-corrected chi connectivity index (χ2v) is 9.72. The number of rotatable bonds is 0. The number of hydrogen-bond acceptors (Lipinski definition) is 3. The molecule has 0 radical (unpaired) electrons. The Morgan fingerprint density at radius 2 is 1.29 bits per heavy atom. The van der Waals surface area contributed by atoms with E-state index in [4.69, 9.17) is 9.97 Å². The minimum atomic E-state index is 0.753. The van der Waals surface area contributed by atoms with Gasteiger partial charge < -0.3 is 0 Å². The smallest absolute Gasteiger partial charge is 0.178 e. The Morgan fingerprint density at radius 1 is 0.543 bits per heavy atom. The molecule has 0 atom stereocenters. The van der Waals surface area contributed by atoms with Gasteiger partial charge >= 0.3 is 0 Å². The minimum Gasteiger partial charge on any atom is -0.274 e. The molecule has 162 valence electrons. The first kappa shape index (κ1) is 17.8. The number of nitrogens with zero attached hydrogens (tertiary/aromatic N) is 4. The van der Waals surface area contributed by atoms with Crippen molar-refractivity contribution in [2.75, 3.05) is 0 Å². The predicted molar refractivity (Wildman–Crippen MR) is 140 cm³/mol. The molecule has 0 amide bonds. The van der Waals surface area contributed by atoms with Gasteiger partial charge in [0.25, 0.3) is 0 Å². The van der Waals surface area contributed by atoms with Crippen molar-refractivity contribution in [3.63, 3.8) is 0 Å². The fraction of sp³-hybridized carbons (Fsp3) is 0.0645. The van der Waals surface area contributed by atoms with Gasteiger partial charge in [-0.1, -0.05) is 24.3 Å². The van der Waals surface area contributed by atoms with E-state index in [1.807, 2.05) is 18.3 Å². The van der Waals surface area contributed by atoms with Crippen LogP contribution in [0, 0.1) is 0 Å². The van der Waals surface area contributed by atoms with E-state index >= 15 is 0 Å². The Morgan fingerprint density at radius 3 is 2.23 bits per heavy atom. The van der Waals surface area contributed by atoms with Crippen LogP contribution in [-0.4, -0.2) is 19.4 Å². The molecule has 0 spiro atoms. The molecule has 0 saturated heterocycles. The van der Waals surface area contributed by atoms with Crippen molar-refractivity contribution in [3.05, 3.63) is 107 Å². The Bertz CT molecular complexity index is 2070. The van der Waals surface area contributed by atoms with Gasteiger partial charge in [0.05, 0.1) is 5.52 Å². The van der Waals surface area contributed by atoms with Crippen LogP contribution < -0.4 is 0 Å². The topological polar surface area (TPSA) is 43.1 Å². The molecule has 0 bridgehead atoms. The van der Waals surface area contributed by atoms with Gasteiger partial charge in [-0.15, -0.1) is 0 Å². The van der Waals surface area contributed by atoms with E-state index in [1.54, 1.807) is 6.20 Å². The summed E-state index contributed by atoms with van der Waals surface area (Å²) in [5.41, 5.74) is 14.7. The van der Waals surface area contributed by atoms with E-state index in [1.165, 1.54) is 49.9 Å². The molecule has 7 aromatic rings. The Labute approximate surface area is 200 Å². The van der Waals surface area contributed by atoms with E-state index in [2.05, 4.69) is 70.0 Å². The molecule has 0 unspecified atom stereocenters. The third-order valence-corrected chi connectivity index (χ3v) is 7.89. The molecule has 2 aliphatic carbocycles. The zero-order valence-corrected chi connectivity index (χ0v) is 18.8. The lowest BCUT2D eigenvalue weighted by Crippen LogP contribution is -1.95. The van der Waals surface area contributed by atoms with Crippen molar-refractivity contribution in [2.45, 2.75) is 12.8 Å². The van der Waals surface area contributed by atoms with Gasteiger partial charge in [0, 0.05) is 23.2 Å². The fourth-order valence-corrected chi connectivity index (χ4v) is 6.37. The average molecular weight is 447 g/mol. The summed E-state index contributed by atoms with van der Waals surface area (Å²) in [6.07, 6.45) is 5.64. The Kier molecular flexibility index (Phi) is 3.11. The average Bonchev–Trinajstić information content (AvgIpc) is 3.57. The number of imidazole rings is 1. The summed E-state index contributed by atoms with van der Waals surface area (Å²) in [7, 11) is 0. The summed E-state index contributed by atoms with van der Waals surface area (Å²) in [5.74, 6) is 0. The molecule has 4 aromatic heterocycles. The summed E-state index contributed by atoms with van der Waals surface area (Å²) < 4.78 is 2.17. The van der Waals surface area contributed by atoms with Crippen LogP contribution in [0.5, 0.6) is 0 Å². The zero-order valence-electron chi connectivity index (χ0n) is 18.8. The SMILES string of the molecule is c1ccc2c(c1)Cc1cc3c(cc1-2)Cc1cc2c4cccnc4n4c5cccnc5nc4c2cc1-3. The normalized spacial score (nSPS) is 13.5. The monoisotopic (exact) mass is 446 g/mol. The molecule has 9 rings (SSSR count). The first-order valence-electron chi connectivity index (χ1n) is 12.0. The van der Waals surface area contributed by atoms with Crippen LogP contribution in [0.25, 0.3) is 60.9 Å². The van der Waals surface area contributed by atoms with E-state index < -0.39 is 0 Å². The van der Waals surface area contributed by atoms with Crippen molar-refractivity contribution >= 4 is 38.6 Å². The third-order valence-electron chi connectivity index (χ3n) is 7.89. The molecular formula is C31H18N4. The van der Waals surface area contributed by atoms with Gasteiger partial charge in [-0.05, 0) is 111 Å². The summed E-state index contributed by atoms with van der Waals surface area (Å²) in [4.78, 5) is 14.3. The highest BCUT2D eigenvalue weighted by atomic mass is 15.1. The van der Waals surface area contributed by atoms with Gasteiger partial charge in [-0.2, -0.15) is 0 Å². The van der Waals surface area contributed by atoms with Crippen molar-refractivity contribution in [1.29, 1.82) is 0 Å². The predicted octanol–water partition coefficient (Wildman–Crippen LogP) is 6.73. The van der Waals surface area contributed by atoms with E-state index in [9.17, 15) is 0 Å². The van der Waals surface area contributed by atoms with Crippen molar-refractivity contribution < 1.29 is 0 Å². The minimum absolute atomic E-state index is 0.753. The molecule has 4 heterocycles. The molecule has 0 N–H and O–H groups in total. The number of hydrogen-bond donors (Lipinski definition) is 0. The second kappa shape index (κ2) is 6.10. The second-order valence-electron chi connectivity index (χ2n) is 9.72. The van der Waals surface area contributed by atoms with Crippen LogP contribution in [0.4, 0.5) is 0 Å². The zero-order chi connectivity index (χ0) is 22.7. The van der Waals surface area contributed by atoms with Gasteiger partial charge in [0.2, 0.25) is 0 Å². The standard InChI is InChI=1S/C31H18N4/c1-2-6-21-17(5-1)11-18-14-24-19(13-23(18)21)12-20-15-26-22-7-3-10-33-30(22)35-28-8-4-9-32-29(28)34-31(35)27(26)16-25(20)24/h1-10,13-16H,11-12H2. The summed E-state index contributed by atoms with van der Waals surface area (Å²) in [6.45, 7) is 0. The highest BCUT2D eigenvalue weighted by molar-refractivity contribution is 6.14. The highest BCUT2D eigenvalue weighted by Gasteiger charge is 2.26. The maximum atomic E-state index is 4.97. The third kappa shape index (κ3) is 2.20. The van der Waals surface area contributed by atoms with Gasteiger partial charge in [-0.3, -0.25) is 4.40 Å². The van der Waals surface area contributed by atoms with Crippen LogP contribution in [-0.2, 0) is 12.8 Å². The Hall–Kier alpha value is -4.57. The lowest BCUT2D eigenvalue weighted by molar-refractivity contribution is 1.23. The van der Waals surface area contributed by atoms with Crippen LogP contribution in [0.1, 0.15) is 22.3 Å². The van der Waals surface area contributed by atoms with Crippen LogP contribution in [0.2, 0.25) is 0 Å². The van der Waals surface area contributed by atoms with Crippen LogP contribution >= 0.6 is 0 Å². The maximum absolute atomic E-state index is 4.97. The first-order chi connectivity index (χ1) is 17.3. The number of fused-ring (bicyclic) bond motifs is 14. The molecule has 0 saturated carbocycles. The lowest BCUT2D eigenvalue weighted by Gasteiger charge is -2.11. The summed E-state index contributed by atoms with van der Waals surface area (Å²) in [5, 5.41) is 3.51. The molecule has 35 heavy (non-hydrogen) atoms. The van der Waals surface area contributed by atoms with Gasteiger partial charge in [0.15, 0.2) is 5.65 Å². The molecular weight excluding hydrogens is 428 g/mol. The number of pyridine rings is 3. The van der Waals surface area contributed by atoms with E-state index in [0.717, 1.165) is 46.1 Å². The molecule has 4 nitrogen and oxygen atoms in total. The maximum Gasteiger partial charge on any atom is 0.178 e. The van der Waals surface area contributed by atoms with Crippen molar-refractivity contribution in [1.82, 2.24) is 19.4 Å². The lowest BCUT2D eigenvalue weighted by atomic mass is 9.97. The largest absolute Gasteiger partial charge is 0.274 e. The van der Waals surface area contributed by atoms with Gasteiger partial charge in [0.1, 0.15) is 11.3 Å². The summed E-state index contributed by atoms with van der Waals surface area (Å²) >= 11 is 0.